The van der Waals surface area contributed by atoms with E-state index in [-0.39, 0.29) is 24.4 Å². The molecule has 4 aliphatic rings. The summed E-state index contributed by atoms with van der Waals surface area (Å²) in [6.45, 7) is 7.01. The van der Waals surface area contributed by atoms with E-state index in [1.165, 1.54) is 0 Å². The smallest absolute Gasteiger partial charge is 0.410 e. The number of ether oxygens (including phenoxy) is 1. The number of fused-ring (bicyclic) bond motifs is 2. The molecule has 12 nitrogen and oxygen atoms in total. The Labute approximate surface area is 277 Å². The molecule has 2 aromatic heterocycles. The summed E-state index contributed by atoms with van der Waals surface area (Å²) in [5, 5.41) is 15.3. The molecule has 1 atom stereocenters. The standard InChI is InChI=1S/C32H41ClN8O4S/c1-37-10-12-38(13-11-37)24-2-6-39(7-3-24)30(42)28(16-21-14-22-17-34-36-29(22)26(33)15-21)45-32(44)40-8-4-25(5-9-40)41-18-23-19-46-20-27(23)35-31(41)43/h14-15,17,19-20,24-25,28H,2-13,16,18H2,1H3,(H,34,36)(H,35,43)/t28-/m1/s1. The topological polar surface area (TPSA) is 117 Å². The number of likely N-dealkylation sites (N-methyl/N-ethyl adjacent to an activating group) is 1. The molecule has 0 unspecified atom stereocenters. The van der Waals surface area contributed by atoms with Gasteiger partial charge in [-0.25, -0.2) is 9.59 Å². The number of halogens is 1. The number of nitrogens with one attached hydrogen (secondary N) is 2. The SMILES string of the molecule is CN1CCN(C2CCN(C(=O)[C@@H](Cc3cc(Cl)c4[nH]ncc4c3)OC(=O)N3CCC(N4Cc5cscc5NC4=O)CC3)CC2)CC1. The molecule has 0 saturated carbocycles. The number of piperazine rings is 1. The van der Waals surface area contributed by atoms with Gasteiger partial charge in [0.15, 0.2) is 6.10 Å². The number of aromatic nitrogens is 2. The number of hydrogen-bond acceptors (Lipinski definition) is 8. The van der Waals surface area contributed by atoms with Crippen molar-refractivity contribution in [3.8, 4) is 0 Å². The molecule has 2 N–H and O–H groups in total. The van der Waals surface area contributed by atoms with E-state index in [1.54, 1.807) is 22.4 Å². The Balaban J connectivity index is 1.00. The van der Waals surface area contributed by atoms with Crippen LogP contribution in [0.25, 0.3) is 10.9 Å². The summed E-state index contributed by atoms with van der Waals surface area (Å²) in [6.07, 6.45) is 3.56. The van der Waals surface area contributed by atoms with Gasteiger partial charge in [-0.3, -0.25) is 14.8 Å². The van der Waals surface area contributed by atoms with Crippen LogP contribution in [0.4, 0.5) is 15.3 Å². The summed E-state index contributed by atoms with van der Waals surface area (Å²) < 4.78 is 6.06. The fraction of sp³-hybridized carbons (Fsp3) is 0.562. The molecule has 3 saturated heterocycles. The van der Waals surface area contributed by atoms with Crippen molar-refractivity contribution in [3.05, 3.63) is 45.2 Å². The molecule has 46 heavy (non-hydrogen) atoms. The summed E-state index contributed by atoms with van der Waals surface area (Å²) in [4.78, 5) is 50.7. The molecule has 7 rings (SSSR count). The molecule has 0 bridgehead atoms. The fourth-order valence-electron chi connectivity index (χ4n) is 7.28. The minimum atomic E-state index is -0.976. The molecule has 0 spiro atoms. The first-order valence-electron chi connectivity index (χ1n) is 16.2. The molecular formula is C32H41ClN8O4S. The molecule has 0 aliphatic carbocycles. The summed E-state index contributed by atoms with van der Waals surface area (Å²) >= 11 is 8.11. The van der Waals surface area contributed by atoms with Crippen LogP contribution in [0.2, 0.25) is 5.02 Å². The maximum absolute atomic E-state index is 14.0. The predicted octanol–water partition coefficient (Wildman–Crippen LogP) is 4.08. The summed E-state index contributed by atoms with van der Waals surface area (Å²) in [6, 6.07) is 4.15. The van der Waals surface area contributed by atoms with Crippen molar-refractivity contribution in [3.63, 3.8) is 0 Å². The highest BCUT2D eigenvalue weighted by molar-refractivity contribution is 7.08. The number of nitrogens with zero attached hydrogens (tertiary/aromatic N) is 6. The number of amides is 4. The number of piperidine rings is 2. The normalized spacial score (nSPS) is 21.3. The van der Waals surface area contributed by atoms with Gasteiger partial charge in [-0.15, -0.1) is 11.3 Å². The van der Waals surface area contributed by atoms with Crippen LogP contribution < -0.4 is 5.32 Å². The number of H-pyrrole nitrogens is 1. The zero-order valence-electron chi connectivity index (χ0n) is 26.1. The minimum Gasteiger partial charge on any atom is -0.436 e. The van der Waals surface area contributed by atoms with Crippen molar-refractivity contribution >= 4 is 57.6 Å². The molecule has 4 aliphatic heterocycles. The van der Waals surface area contributed by atoms with Crippen LogP contribution in [0.3, 0.4) is 0 Å². The van der Waals surface area contributed by atoms with E-state index in [9.17, 15) is 14.4 Å². The Hall–Kier alpha value is -3.39. The number of anilines is 1. The van der Waals surface area contributed by atoms with Gasteiger partial charge in [-0.2, -0.15) is 5.10 Å². The molecule has 246 valence electrons. The molecule has 3 aromatic rings. The van der Waals surface area contributed by atoms with Crippen molar-refractivity contribution in [1.82, 2.24) is 34.7 Å². The Bertz CT molecular complexity index is 1570. The molecule has 14 heteroatoms. The quantitative estimate of drug-likeness (QED) is 0.407. The maximum atomic E-state index is 14.0. The van der Waals surface area contributed by atoms with Crippen LogP contribution in [0, 0.1) is 0 Å². The lowest BCUT2D eigenvalue weighted by Crippen LogP contribution is -2.54. The molecule has 6 heterocycles. The number of likely N-dealkylation sites (tertiary alicyclic amines) is 2. The molecular weight excluding hydrogens is 628 g/mol. The fourth-order valence-corrected chi connectivity index (χ4v) is 8.35. The number of thiophene rings is 1. The van der Waals surface area contributed by atoms with Gasteiger partial charge >= 0.3 is 12.1 Å². The summed E-state index contributed by atoms with van der Waals surface area (Å²) in [5.41, 5.74) is 3.55. The third-order valence-electron chi connectivity index (χ3n) is 10.1. The number of hydrogen-bond donors (Lipinski definition) is 2. The van der Waals surface area contributed by atoms with Gasteiger partial charge in [0, 0.05) is 87.2 Å². The Morgan fingerprint density at radius 2 is 1.72 bits per heavy atom. The number of benzene rings is 1. The highest BCUT2D eigenvalue weighted by Gasteiger charge is 2.37. The second-order valence-electron chi connectivity index (χ2n) is 13.0. The third kappa shape index (κ3) is 6.55. The van der Waals surface area contributed by atoms with Gasteiger partial charge in [0.1, 0.15) is 0 Å². The van der Waals surface area contributed by atoms with Crippen LogP contribution in [-0.2, 0) is 22.5 Å². The second kappa shape index (κ2) is 13.4. The lowest BCUT2D eigenvalue weighted by Gasteiger charge is -2.42. The van der Waals surface area contributed by atoms with Gasteiger partial charge < -0.3 is 29.7 Å². The lowest BCUT2D eigenvalue weighted by atomic mass is 10.00. The van der Waals surface area contributed by atoms with Crippen LogP contribution in [0.15, 0.2) is 29.1 Å². The van der Waals surface area contributed by atoms with E-state index >= 15 is 0 Å². The van der Waals surface area contributed by atoms with Gasteiger partial charge in [0.25, 0.3) is 5.91 Å². The van der Waals surface area contributed by atoms with Crippen molar-refractivity contribution in [1.29, 1.82) is 0 Å². The van der Waals surface area contributed by atoms with E-state index in [1.807, 2.05) is 27.3 Å². The first-order valence-corrected chi connectivity index (χ1v) is 17.6. The Kier molecular flexibility index (Phi) is 9.08. The van der Waals surface area contributed by atoms with Crippen molar-refractivity contribution < 1.29 is 19.1 Å². The first-order chi connectivity index (χ1) is 22.3. The maximum Gasteiger partial charge on any atom is 0.410 e. The van der Waals surface area contributed by atoms with Gasteiger partial charge in [0.2, 0.25) is 0 Å². The van der Waals surface area contributed by atoms with E-state index in [2.05, 4.69) is 37.7 Å². The predicted molar refractivity (Wildman–Crippen MR) is 177 cm³/mol. The molecule has 0 radical (unpaired) electrons. The molecule has 4 amide bonds. The van der Waals surface area contributed by atoms with Crippen LogP contribution in [-0.4, -0.2) is 130 Å². The number of rotatable bonds is 6. The van der Waals surface area contributed by atoms with Crippen LogP contribution in [0.5, 0.6) is 0 Å². The van der Waals surface area contributed by atoms with Gasteiger partial charge in [0.05, 0.1) is 29.0 Å². The van der Waals surface area contributed by atoms with Crippen LogP contribution >= 0.6 is 22.9 Å². The highest BCUT2D eigenvalue weighted by atomic mass is 35.5. The van der Waals surface area contributed by atoms with E-state index in [0.29, 0.717) is 56.6 Å². The van der Waals surface area contributed by atoms with Gasteiger partial charge in [-0.1, -0.05) is 11.6 Å². The van der Waals surface area contributed by atoms with E-state index in [4.69, 9.17) is 16.3 Å². The zero-order valence-corrected chi connectivity index (χ0v) is 27.7. The summed E-state index contributed by atoms with van der Waals surface area (Å²) in [5.74, 6) is -0.167. The first kappa shape index (κ1) is 31.2. The lowest BCUT2D eigenvalue weighted by molar-refractivity contribution is -0.142. The molecule has 1 aromatic carbocycles. The summed E-state index contributed by atoms with van der Waals surface area (Å²) in [7, 11) is 2.16. The van der Waals surface area contributed by atoms with E-state index in [0.717, 1.165) is 66.7 Å². The number of urea groups is 1. The number of aromatic amines is 1. The van der Waals surface area contributed by atoms with E-state index < -0.39 is 12.2 Å². The number of carbonyl (C=O) groups is 3. The Morgan fingerprint density at radius 3 is 2.48 bits per heavy atom. The highest BCUT2D eigenvalue weighted by Crippen LogP contribution is 2.31. The Morgan fingerprint density at radius 1 is 1.00 bits per heavy atom. The minimum absolute atomic E-state index is 0.0277. The van der Waals surface area contributed by atoms with Gasteiger partial charge in [-0.05, 0) is 55.8 Å². The van der Waals surface area contributed by atoms with Crippen molar-refractivity contribution in [2.75, 3.05) is 64.7 Å². The van der Waals surface area contributed by atoms with Crippen molar-refractivity contribution in [2.45, 2.75) is 56.8 Å². The average Bonchev–Trinajstić information content (AvgIpc) is 3.74. The average molecular weight is 669 g/mol. The number of carbonyl (C=O) groups excluding carboxylic acids is 3. The molecule has 3 fully saturated rings. The second-order valence-corrected chi connectivity index (χ2v) is 14.1. The third-order valence-corrected chi connectivity index (χ3v) is 11.2. The monoisotopic (exact) mass is 668 g/mol. The largest absolute Gasteiger partial charge is 0.436 e. The van der Waals surface area contributed by atoms with Crippen molar-refractivity contribution in [2.24, 2.45) is 0 Å². The van der Waals surface area contributed by atoms with Crippen LogP contribution in [0.1, 0.15) is 36.8 Å². The zero-order chi connectivity index (χ0) is 31.8.